The topological polar surface area (TPSA) is 15.3 Å². The maximum atomic E-state index is 3.55. The number of likely N-dealkylation sites (N-methyl/N-ethyl adjacent to an activating group) is 1. The Morgan fingerprint density at radius 2 is 2.00 bits per heavy atom. The van der Waals surface area contributed by atoms with Crippen LogP contribution in [0.2, 0.25) is 0 Å². The minimum atomic E-state index is 0.706. The van der Waals surface area contributed by atoms with Gasteiger partial charge in [-0.15, -0.1) is 0 Å². The molecule has 1 N–H and O–H groups in total. The smallest absolute Gasteiger partial charge is 0.0240 e. The monoisotopic (exact) mass is 212 g/mol. The predicted molar refractivity (Wildman–Crippen MR) is 67.1 cm³/mol. The average Bonchev–Trinajstić information content (AvgIpc) is 2.95. The van der Waals surface area contributed by atoms with Crippen LogP contribution in [0.4, 0.5) is 0 Å². The summed E-state index contributed by atoms with van der Waals surface area (Å²) in [5, 5.41) is 3.55. The number of rotatable bonds is 8. The van der Waals surface area contributed by atoms with Crippen molar-refractivity contribution in [2.75, 3.05) is 26.7 Å². The molecule has 0 aromatic carbocycles. The molecule has 0 aromatic heterocycles. The summed E-state index contributed by atoms with van der Waals surface area (Å²) < 4.78 is 0. The molecule has 0 amide bonds. The van der Waals surface area contributed by atoms with Gasteiger partial charge in [0.1, 0.15) is 0 Å². The lowest BCUT2D eigenvalue weighted by atomic mass is 10.0. The number of hydrogen-bond acceptors (Lipinski definition) is 2. The normalized spacial score (nSPS) is 18.8. The van der Waals surface area contributed by atoms with Crippen molar-refractivity contribution in [3.8, 4) is 0 Å². The van der Waals surface area contributed by atoms with Crippen LogP contribution in [-0.2, 0) is 0 Å². The molecule has 0 radical (unpaired) electrons. The van der Waals surface area contributed by atoms with E-state index in [-0.39, 0.29) is 0 Å². The summed E-state index contributed by atoms with van der Waals surface area (Å²) >= 11 is 0. The zero-order valence-corrected chi connectivity index (χ0v) is 10.9. The van der Waals surface area contributed by atoms with E-state index in [1.807, 2.05) is 0 Å². The Morgan fingerprint density at radius 1 is 1.33 bits per heavy atom. The molecule has 1 rings (SSSR count). The highest BCUT2D eigenvalue weighted by atomic mass is 15.2. The molecular weight excluding hydrogens is 184 g/mol. The molecule has 0 saturated heterocycles. The maximum absolute atomic E-state index is 3.55. The van der Waals surface area contributed by atoms with Gasteiger partial charge in [-0.05, 0) is 44.7 Å². The minimum absolute atomic E-state index is 0.706. The van der Waals surface area contributed by atoms with Crippen LogP contribution in [0.25, 0.3) is 0 Å². The molecule has 0 spiro atoms. The second kappa shape index (κ2) is 6.49. The molecule has 1 fully saturated rings. The summed E-state index contributed by atoms with van der Waals surface area (Å²) in [5.41, 5.74) is 0. The van der Waals surface area contributed by atoms with E-state index in [1.54, 1.807) is 0 Å². The first-order valence-corrected chi connectivity index (χ1v) is 6.56. The fourth-order valence-corrected chi connectivity index (χ4v) is 2.17. The lowest BCUT2D eigenvalue weighted by Crippen LogP contribution is -2.44. The fourth-order valence-electron chi connectivity index (χ4n) is 2.17. The minimum Gasteiger partial charge on any atom is -0.315 e. The molecule has 0 aromatic rings. The standard InChI is InChI=1S/C13H28N2/c1-5-8-14-9-13(11(2)3)15(4)10-12-6-7-12/h11-14H,5-10H2,1-4H3. The van der Waals surface area contributed by atoms with Crippen molar-refractivity contribution in [3.05, 3.63) is 0 Å². The third kappa shape index (κ3) is 4.98. The average molecular weight is 212 g/mol. The highest BCUT2D eigenvalue weighted by Crippen LogP contribution is 2.30. The Morgan fingerprint density at radius 3 is 2.47 bits per heavy atom. The predicted octanol–water partition coefficient (Wildman–Crippen LogP) is 2.35. The van der Waals surface area contributed by atoms with Crippen molar-refractivity contribution in [1.82, 2.24) is 10.2 Å². The molecular formula is C13H28N2. The van der Waals surface area contributed by atoms with Gasteiger partial charge in [-0.1, -0.05) is 20.8 Å². The molecule has 2 nitrogen and oxygen atoms in total. The van der Waals surface area contributed by atoms with Gasteiger partial charge in [0.25, 0.3) is 0 Å². The number of nitrogens with one attached hydrogen (secondary N) is 1. The first-order valence-electron chi connectivity index (χ1n) is 6.56. The Kier molecular flexibility index (Phi) is 5.62. The van der Waals surface area contributed by atoms with E-state index in [2.05, 4.69) is 38.0 Å². The summed E-state index contributed by atoms with van der Waals surface area (Å²) in [6.45, 7) is 10.5. The van der Waals surface area contributed by atoms with E-state index < -0.39 is 0 Å². The Labute approximate surface area is 95.4 Å². The van der Waals surface area contributed by atoms with Crippen molar-refractivity contribution < 1.29 is 0 Å². The van der Waals surface area contributed by atoms with E-state index in [4.69, 9.17) is 0 Å². The van der Waals surface area contributed by atoms with E-state index in [1.165, 1.54) is 25.8 Å². The molecule has 0 heterocycles. The summed E-state index contributed by atoms with van der Waals surface area (Å²) in [6, 6.07) is 0.706. The van der Waals surface area contributed by atoms with E-state index in [0.717, 1.165) is 24.9 Å². The summed E-state index contributed by atoms with van der Waals surface area (Å²) in [7, 11) is 2.29. The molecule has 0 aliphatic heterocycles. The van der Waals surface area contributed by atoms with Gasteiger partial charge in [-0.3, -0.25) is 0 Å². The maximum Gasteiger partial charge on any atom is 0.0240 e. The van der Waals surface area contributed by atoms with Crippen LogP contribution in [0.5, 0.6) is 0 Å². The highest BCUT2D eigenvalue weighted by Gasteiger charge is 2.26. The molecule has 2 heteroatoms. The molecule has 1 unspecified atom stereocenters. The van der Waals surface area contributed by atoms with Crippen molar-refractivity contribution in [2.24, 2.45) is 11.8 Å². The molecule has 0 bridgehead atoms. The molecule has 1 aliphatic rings. The van der Waals surface area contributed by atoms with Crippen LogP contribution in [0.1, 0.15) is 40.0 Å². The van der Waals surface area contributed by atoms with Crippen LogP contribution in [0.3, 0.4) is 0 Å². The van der Waals surface area contributed by atoms with Gasteiger partial charge in [0, 0.05) is 19.1 Å². The zero-order chi connectivity index (χ0) is 11.3. The third-order valence-corrected chi connectivity index (χ3v) is 3.36. The van der Waals surface area contributed by atoms with Gasteiger partial charge >= 0.3 is 0 Å². The van der Waals surface area contributed by atoms with Crippen LogP contribution in [-0.4, -0.2) is 37.6 Å². The summed E-state index contributed by atoms with van der Waals surface area (Å²) in [5.74, 6) is 1.75. The van der Waals surface area contributed by atoms with Crippen molar-refractivity contribution >= 4 is 0 Å². The first-order chi connectivity index (χ1) is 7.15. The summed E-state index contributed by atoms with van der Waals surface area (Å²) in [6.07, 6.45) is 4.15. The van der Waals surface area contributed by atoms with Gasteiger partial charge < -0.3 is 10.2 Å². The molecule has 15 heavy (non-hydrogen) atoms. The Hall–Kier alpha value is -0.0800. The number of hydrogen-bond donors (Lipinski definition) is 1. The Balaban J connectivity index is 2.26. The highest BCUT2D eigenvalue weighted by molar-refractivity contribution is 4.81. The lowest BCUT2D eigenvalue weighted by Gasteiger charge is -2.31. The molecule has 90 valence electrons. The van der Waals surface area contributed by atoms with Gasteiger partial charge in [0.15, 0.2) is 0 Å². The largest absolute Gasteiger partial charge is 0.315 e. The van der Waals surface area contributed by atoms with Crippen LogP contribution in [0.15, 0.2) is 0 Å². The second-order valence-corrected chi connectivity index (χ2v) is 5.40. The third-order valence-electron chi connectivity index (χ3n) is 3.36. The van der Waals surface area contributed by atoms with Crippen molar-refractivity contribution in [1.29, 1.82) is 0 Å². The zero-order valence-electron chi connectivity index (χ0n) is 10.9. The SMILES string of the molecule is CCCNCC(C(C)C)N(C)CC1CC1. The fraction of sp³-hybridized carbons (Fsp3) is 1.00. The van der Waals surface area contributed by atoms with Gasteiger partial charge in [0.2, 0.25) is 0 Å². The second-order valence-electron chi connectivity index (χ2n) is 5.40. The molecule has 1 saturated carbocycles. The van der Waals surface area contributed by atoms with Gasteiger partial charge in [0.05, 0.1) is 0 Å². The number of nitrogens with zero attached hydrogens (tertiary/aromatic N) is 1. The quantitative estimate of drug-likeness (QED) is 0.621. The summed E-state index contributed by atoms with van der Waals surface area (Å²) in [4.78, 5) is 2.56. The van der Waals surface area contributed by atoms with E-state index in [0.29, 0.717) is 6.04 Å². The van der Waals surface area contributed by atoms with E-state index >= 15 is 0 Å². The molecule has 1 atom stereocenters. The molecule has 1 aliphatic carbocycles. The van der Waals surface area contributed by atoms with Gasteiger partial charge in [-0.25, -0.2) is 0 Å². The van der Waals surface area contributed by atoms with E-state index in [9.17, 15) is 0 Å². The van der Waals surface area contributed by atoms with Crippen LogP contribution in [0, 0.1) is 11.8 Å². The van der Waals surface area contributed by atoms with Crippen LogP contribution >= 0.6 is 0 Å². The van der Waals surface area contributed by atoms with Crippen molar-refractivity contribution in [3.63, 3.8) is 0 Å². The lowest BCUT2D eigenvalue weighted by molar-refractivity contribution is 0.180. The Bertz CT molecular complexity index is 164. The van der Waals surface area contributed by atoms with Gasteiger partial charge in [-0.2, -0.15) is 0 Å². The first kappa shape index (κ1) is 13.0. The van der Waals surface area contributed by atoms with Crippen LogP contribution < -0.4 is 5.32 Å². The van der Waals surface area contributed by atoms with Crippen molar-refractivity contribution in [2.45, 2.75) is 46.1 Å².